The van der Waals surface area contributed by atoms with Crippen molar-refractivity contribution in [2.75, 3.05) is 20.1 Å². The molecule has 2 nitrogen and oxygen atoms in total. The van der Waals surface area contributed by atoms with Crippen LogP contribution in [0.5, 0.6) is 0 Å². The van der Waals surface area contributed by atoms with Gasteiger partial charge in [-0.15, -0.1) is 0 Å². The van der Waals surface area contributed by atoms with Crippen LogP contribution < -0.4 is 6.15 Å². The molecule has 1 saturated heterocycles. The Hall–Kier alpha value is -0.860. The topological polar surface area (TPSA) is 38.2 Å². The molecule has 0 radical (unpaired) electrons. The summed E-state index contributed by atoms with van der Waals surface area (Å²) in [7, 11) is 2.19. The lowest BCUT2D eigenvalue weighted by molar-refractivity contribution is 0.277. The smallest absolute Gasteiger partial charge is 0.00218 e. The third kappa shape index (κ3) is 3.95. The van der Waals surface area contributed by atoms with Gasteiger partial charge in [0.05, 0.1) is 0 Å². The van der Waals surface area contributed by atoms with E-state index in [1.54, 1.807) is 0 Å². The Labute approximate surface area is 99.2 Å². The first kappa shape index (κ1) is 13.2. The van der Waals surface area contributed by atoms with Gasteiger partial charge in [-0.3, -0.25) is 0 Å². The monoisotopic (exact) mass is 220 g/mol. The van der Waals surface area contributed by atoms with Crippen LogP contribution in [0.25, 0.3) is 0 Å². The molecule has 0 unspecified atom stereocenters. The van der Waals surface area contributed by atoms with Crippen molar-refractivity contribution in [2.45, 2.75) is 32.1 Å². The summed E-state index contributed by atoms with van der Waals surface area (Å²) in [6.07, 6.45) is 6.81. The zero-order valence-electron chi connectivity index (χ0n) is 10.4. The lowest BCUT2D eigenvalue weighted by Crippen LogP contribution is -2.24. The zero-order valence-corrected chi connectivity index (χ0v) is 10.4. The van der Waals surface area contributed by atoms with Gasteiger partial charge in [0.25, 0.3) is 0 Å². The van der Waals surface area contributed by atoms with Crippen LogP contribution in [-0.4, -0.2) is 25.0 Å². The van der Waals surface area contributed by atoms with Gasteiger partial charge in [0.15, 0.2) is 0 Å². The van der Waals surface area contributed by atoms with E-state index >= 15 is 0 Å². The normalized spacial score (nSPS) is 18.3. The number of aryl methyl sites for hydroxylation is 2. The fourth-order valence-electron chi connectivity index (χ4n) is 2.21. The van der Waals surface area contributed by atoms with E-state index in [0.29, 0.717) is 0 Å². The van der Waals surface area contributed by atoms with Crippen LogP contribution in [0.3, 0.4) is 0 Å². The number of piperidine rings is 1. The van der Waals surface area contributed by atoms with E-state index in [9.17, 15) is 0 Å². The van der Waals surface area contributed by atoms with Crippen LogP contribution in [0.1, 0.15) is 30.4 Å². The first-order chi connectivity index (χ1) is 7.34. The Bertz CT molecular complexity index is 263. The molecule has 1 heterocycles. The highest BCUT2D eigenvalue weighted by Crippen LogP contribution is 2.14. The molecular formula is C14H24N2. The lowest BCUT2D eigenvalue weighted by atomic mass is 9.97. The number of hydrogen-bond acceptors (Lipinski definition) is 2. The Kier molecular flexibility index (Phi) is 5.50. The second-order valence-corrected chi connectivity index (χ2v) is 4.68. The predicted molar refractivity (Wildman–Crippen MR) is 70.2 cm³/mol. The zero-order chi connectivity index (χ0) is 10.5. The van der Waals surface area contributed by atoms with Crippen molar-refractivity contribution in [3.05, 3.63) is 35.4 Å². The Morgan fingerprint density at radius 2 is 1.25 bits per heavy atom. The summed E-state index contributed by atoms with van der Waals surface area (Å²) < 4.78 is 0. The number of hydrogen-bond donors (Lipinski definition) is 1. The molecule has 0 amide bonds. The molecule has 90 valence electrons. The van der Waals surface area contributed by atoms with E-state index in [4.69, 9.17) is 0 Å². The molecule has 2 bridgehead atoms. The molecule has 1 aliphatic heterocycles. The highest BCUT2D eigenvalue weighted by Gasteiger charge is 2.02. The highest BCUT2D eigenvalue weighted by molar-refractivity contribution is 5.28. The molecule has 0 spiro atoms. The summed E-state index contributed by atoms with van der Waals surface area (Å²) in [5.74, 6) is 0. The molecule has 1 aromatic rings. The van der Waals surface area contributed by atoms with Gasteiger partial charge in [-0.2, -0.15) is 0 Å². The molecule has 2 heteroatoms. The second kappa shape index (κ2) is 6.66. The standard InChI is InChI=1S/C8H8.C6H13N.H3N/c1-2-8-5-3-7(1)4-6-8;1-7-5-3-2-4-6-7;/h1-3,5H,4,6H2;2-6H2,1H3;1H3. The first-order valence-corrected chi connectivity index (χ1v) is 6.11. The van der Waals surface area contributed by atoms with Crippen molar-refractivity contribution >= 4 is 0 Å². The minimum Gasteiger partial charge on any atom is -0.344 e. The maximum atomic E-state index is 2.39. The van der Waals surface area contributed by atoms with Crippen LogP contribution in [0.2, 0.25) is 0 Å². The van der Waals surface area contributed by atoms with Crippen molar-refractivity contribution in [1.29, 1.82) is 0 Å². The fourth-order valence-corrected chi connectivity index (χ4v) is 2.21. The molecular weight excluding hydrogens is 196 g/mol. The summed E-state index contributed by atoms with van der Waals surface area (Å²) in [5.41, 5.74) is 2.97. The van der Waals surface area contributed by atoms with Crippen LogP contribution in [0, 0.1) is 0 Å². The van der Waals surface area contributed by atoms with E-state index in [1.165, 1.54) is 56.3 Å². The SMILES string of the molecule is CN1CCCCC1.N.c1cc2ccc1CC2. The summed E-state index contributed by atoms with van der Waals surface area (Å²) in [4.78, 5) is 2.39. The molecule has 1 fully saturated rings. The van der Waals surface area contributed by atoms with Gasteiger partial charge >= 0.3 is 0 Å². The molecule has 3 N–H and O–H groups in total. The third-order valence-corrected chi connectivity index (χ3v) is 3.30. The van der Waals surface area contributed by atoms with E-state index in [0.717, 1.165) is 0 Å². The molecule has 16 heavy (non-hydrogen) atoms. The molecule has 0 aromatic heterocycles. The van der Waals surface area contributed by atoms with Gasteiger partial charge in [-0.25, -0.2) is 0 Å². The number of fused-ring (bicyclic) bond motifs is 3. The Balaban J connectivity index is 0.000000152. The van der Waals surface area contributed by atoms with E-state index in [2.05, 4.69) is 36.2 Å². The van der Waals surface area contributed by atoms with Gasteiger partial charge in [-0.1, -0.05) is 30.7 Å². The summed E-state index contributed by atoms with van der Waals surface area (Å²) in [6, 6.07) is 8.83. The number of likely N-dealkylation sites (tertiary alicyclic amines) is 1. The van der Waals surface area contributed by atoms with Crippen molar-refractivity contribution in [2.24, 2.45) is 0 Å². The minimum absolute atomic E-state index is 0. The van der Waals surface area contributed by atoms with Crippen molar-refractivity contribution in [1.82, 2.24) is 11.1 Å². The van der Waals surface area contributed by atoms with Gasteiger partial charge in [-0.05, 0) is 56.9 Å². The number of nitrogens with zero attached hydrogens (tertiary/aromatic N) is 1. The summed E-state index contributed by atoms with van der Waals surface area (Å²) >= 11 is 0. The molecule has 4 rings (SSSR count). The third-order valence-electron chi connectivity index (χ3n) is 3.30. The average molecular weight is 220 g/mol. The lowest BCUT2D eigenvalue weighted by Gasteiger charge is -2.20. The van der Waals surface area contributed by atoms with E-state index in [1.807, 2.05) is 0 Å². The fraction of sp³-hybridized carbons (Fsp3) is 0.571. The van der Waals surface area contributed by atoms with Crippen molar-refractivity contribution in [3.8, 4) is 0 Å². The predicted octanol–water partition coefficient (Wildman–Crippen LogP) is 3.05. The van der Waals surface area contributed by atoms with Crippen LogP contribution >= 0.6 is 0 Å². The summed E-state index contributed by atoms with van der Waals surface area (Å²) in [6.45, 7) is 2.64. The van der Waals surface area contributed by atoms with Gasteiger partial charge in [0, 0.05) is 0 Å². The maximum absolute atomic E-state index is 2.39. The van der Waals surface area contributed by atoms with Crippen LogP contribution in [-0.2, 0) is 12.8 Å². The first-order valence-electron chi connectivity index (χ1n) is 6.11. The Morgan fingerprint density at radius 1 is 0.812 bits per heavy atom. The molecule has 0 atom stereocenters. The minimum atomic E-state index is 0. The van der Waals surface area contributed by atoms with Gasteiger partial charge in [0.2, 0.25) is 0 Å². The van der Waals surface area contributed by atoms with E-state index in [-0.39, 0.29) is 6.15 Å². The quantitative estimate of drug-likeness (QED) is 0.729. The van der Waals surface area contributed by atoms with Crippen molar-refractivity contribution in [3.63, 3.8) is 0 Å². The van der Waals surface area contributed by atoms with E-state index < -0.39 is 0 Å². The second-order valence-electron chi connectivity index (χ2n) is 4.68. The molecule has 0 saturated carbocycles. The van der Waals surface area contributed by atoms with Crippen LogP contribution in [0.15, 0.2) is 24.3 Å². The van der Waals surface area contributed by atoms with Crippen LogP contribution in [0.4, 0.5) is 0 Å². The number of benzene rings is 1. The average Bonchev–Trinajstić information content (AvgIpc) is 2.33. The molecule has 1 aromatic carbocycles. The van der Waals surface area contributed by atoms with Gasteiger partial charge in [0.1, 0.15) is 0 Å². The van der Waals surface area contributed by atoms with Gasteiger partial charge < -0.3 is 11.1 Å². The largest absolute Gasteiger partial charge is 0.344 e. The molecule has 2 aliphatic carbocycles. The molecule has 3 aliphatic rings. The summed E-state index contributed by atoms with van der Waals surface area (Å²) in [5, 5.41) is 0. The maximum Gasteiger partial charge on any atom is -0.00218 e. The Morgan fingerprint density at radius 3 is 1.44 bits per heavy atom. The number of rotatable bonds is 0. The highest BCUT2D eigenvalue weighted by atomic mass is 15.1. The van der Waals surface area contributed by atoms with Crippen molar-refractivity contribution < 1.29 is 0 Å².